The van der Waals surface area contributed by atoms with E-state index in [0.717, 1.165) is 0 Å². The molecule has 2 rings (SSSR count). The zero-order valence-electron chi connectivity index (χ0n) is 10.3. The summed E-state index contributed by atoms with van der Waals surface area (Å²) in [6, 6.07) is 3.54. The van der Waals surface area contributed by atoms with E-state index in [1.54, 1.807) is 25.3 Å². The van der Waals surface area contributed by atoms with E-state index in [1.165, 1.54) is 6.20 Å². The lowest BCUT2D eigenvalue weighted by atomic mass is 10.2. The average Bonchev–Trinajstić information content (AvgIpc) is 2.92. The van der Waals surface area contributed by atoms with Gasteiger partial charge in [-0.25, -0.2) is 14.8 Å². The van der Waals surface area contributed by atoms with E-state index in [9.17, 15) is 4.79 Å². The van der Waals surface area contributed by atoms with Crippen molar-refractivity contribution in [3.63, 3.8) is 0 Å². The van der Waals surface area contributed by atoms with Crippen LogP contribution in [0.5, 0.6) is 0 Å². The van der Waals surface area contributed by atoms with Gasteiger partial charge in [0.05, 0.1) is 24.1 Å². The van der Waals surface area contributed by atoms with E-state index in [1.807, 2.05) is 6.92 Å². The number of aromatic nitrogens is 2. The predicted molar refractivity (Wildman–Crippen MR) is 65.1 cm³/mol. The zero-order chi connectivity index (χ0) is 13.0. The Labute approximate surface area is 105 Å². The maximum absolute atomic E-state index is 11.7. The van der Waals surface area contributed by atoms with Crippen LogP contribution in [-0.2, 0) is 11.2 Å². The molecule has 2 aromatic rings. The molecule has 0 bridgehead atoms. The van der Waals surface area contributed by atoms with Crippen molar-refractivity contribution in [3.05, 3.63) is 35.9 Å². The van der Waals surface area contributed by atoms with E-state index in [4.69, 9.17) is 9.15 Å². The molecule has 0 amide bonds. The standard InChI is InChI=1S/C13H14N2O3/c1-3-10-9(13(16)17-4-2)8-14-12(15-10)11-6-5-7-18-11/h5-8H,3-4H2,1-2H3. The van der Waals surface area contributed by atoms with Gasteiger partial charge in [-0.3, -0.25) is 0 Å². The fourth-order valence-electron chi connectivity index (χ4n) is 1.59. The van der Waals surface area contributed by atoms with Crippen molar-refractivity contribution < 1.29 is 13.9 Å². The van der Waals surface area contributed by atoms with Crippen LogP contribution in [0, 0.1) is 0 Å². The molecule has 5 nitrogen and oxygen atoms in total. The molecule has 0 unspecified atom stereocenters. The molecule has 0 spiro atoms. The van der Waals surface area contributed by atoms with E-state index < -0.39 is 0 Å². The maximum Gasteiger partial charge on any atom is 0.341 e. The molecule has 0 N–H and O–H groups in total. The van der Waals surface area contributed by atoms with E-state index >= 15 is 0 Å². The number of esters is 1. The Hall–Kier alpha value is -2.17. The second-order valence-corrected chi connectivity index (χ2v) is 3.61. The Kier molecular flexibility index (Phi) is 3.72. The van der Waals surface area contributed by atoms with Crippen molar-refractivity contribution in [2.24, 2.45) is 0 Å². The number of rotatable bonds is 4. The quantitative estimate of drug-likeness (QED) is 0.775. The van der Waals surface area contributed by atoms with Crippen LogP contribution in [0.2, 0.25) is 0 Å². The second-order valence-electron chi connectivity index (χ2n) is 3.61. The summed E-state index contributed by atoms with van der Waals surface area (Å²) in [6.45, 7) is 4.03. The first kappa shape index (κ1) is 12.3. The first-order valence-corrected chi connectivity index (χ1v) is 5.83. The van der Waals surface area contributed by atoms with Gasteiger partial charge in [0.25, 0.3) is 0 Å². The smallest absolute Gasteiger partial charge is 0.341 e. The predicted octanol–water partition coefficient (Wildman–Crippen LogP) is 2.48. The SMILES string of the molecule is CCOC(=O)c1cnc(-c2ccco2)nc1CC. The normalized spacial score (nSPS) is 10.3. The van der Waals surface area contributed by atoms with E-state index in [2.05, 4.69) is 9.97 Å². The Morgan fingerprint density at radius 3 is 2.89 bits per heavy atom. The molecule has 0 aliphatic carbocycles. The molecule has 0 saturated heterocycles. The number of ether oxygens (including phenoxy) is 1. The number of carbonyl (C=O) groups is 1. The summed E-state index contributed by atoms with van der Waals surface area (Å²) in [4.78, 5) is 20.2. The lowest BCUT2D eigenvalue weighted by Gasteiger charge is -2.06. The van der Waals surface area contributed by atoms with Gasteiger partial charge in [-0.1, -0.05) is 6.92 Å². The van der Waals surface area contributed by atoms with Crippen LogP contribution < -0.4 is 0 Å². The highest BCUT2D eigenvalue weighted by molar-refractivity contribution is 5.90. The molecule has 0 saturated carbocycles. The van der Waals surface area contributed by atoms with Crippen LogP contribution in [0.1, 0.15) is 29.9 Å². The van der Waals surface area contributed by atoms with E-state index in [0.29, 0.717) is 35.9 Å². The molecule has 5 heteroatoms. The maximum atomic E-state index is 11.7. The molecule has 0 atom stereocenters. The summed E-state index contributed by atoms with van der Waals surface area (Å²) in [5, 5.41) is 0. The molecular formula is C13H14N2O3. The summed E-state index contributed by atoms with van der Waals surface area (Å²) >= 11 is 0. The summed E-state index contributed by atoms with van der Waals surface area (Å²) in [7, 11) is 0. The summed E-state index contributed by atoms with van der Waals surface area (Å²) in [6.07, 6.45) is 3.68. The molecule has 0 radical (unpaired) electrons. The molecular weight excluding hydrogens is 232 g/mol. The minimum Gasteiger partial charge on any atom is -0.462 e. The Balaban J connectivity index is 2.37. The van der Waals surface area contributed by atoms with E-state index in [-0.39, 0.29) is 5.97 Å². The van der Waals surface area contributed by atoms with Crippen LogP contribution in [0.15, 0.2) is 29.0 Å². The van der Waals surface area contributed by atoms with Gasteiger partial charge in [-0.15, -0.1) is 0 Å². The van der Waals surface area contributed by atoms with Crippen molar-refractivity contribution in [2.45, 2.75) is 20.3 Å². The molecule has 2 heterocycles. The molecule has 2 aromatic heterocycles. The van der Waals surface area contributed by atoms with Crippen LogP contribution in [0.3, 0.4) is 0 Å². The van der Waals surface area contributed by atoms with Crippen molar-refractivity contribution in [3.8, 4) is 11.6 Å². The van der Waals surface area contributed by atoms with Crippen LogP contribution in [0.25, 0.3) is 11.6 Å². The molecule has 0 aliphatic heterocycles. The Morgan fingerprint density at radius 2 is 2.28 bits per heavy atom. The van der Waals surface area contributed by atoms with Gasteiger partial charge < -0.3 is 9.15 Å². The number of furan rings is 1. The van der Waals surface area contributed by atoms with Gasteiger partial charge in [-0.2, -0.15) is 0 Å². The number of hydrogen-bond acceptors (Lipinski definition) is 5. The third-order valence-corrected chi connectivity index (χ3v) is 2.44. The first-order valence-electron chi connectivity index (χ1n) is 5.83. The number of hydrogen-bond donors (Lipinski definition) is 0. The van der Waals surface area contributed by atoms with Crippen LogP contribution in [-0.4, -0.2) is 22.5 Å². The van der Waals surface area contributed by atoms with Gasteiger partial charge in [0.1, 0.15) is 0 Å². The van der Waals surface area contributed by atoms with Crippen LogP contribution in [0.4, 0.5) is 0 Å². The molecule has 0 aliphatic rings. The Bertz CT molecular complexity index is 535. The van der Waals surface area contributed by atoms with Gasteiger partial charge in [0, 0.05) is 6.20 Å². The van der Waals surface area contributed by atoms with Gasteiger partial charge >= 0.3 is 5.97 Å². The molecule has 18 heavy (non-hydrogen) atoms. The molecule has 0 aromatic carbocycles. The zero-order valence-corrected chi connectivity index (χ0v) is 10.3. The second kappa shape index (κ2) is 5.44. The fraction of sp³-hybridized carbons (Fsp3) is 0.308. The topological polar surface area (TPSA) is 65.2 Å². The summed E-state index contributed by atoms with van der Waals surface area (Å²) < 4.78 is 10.2. The van der Waals surface area contributed by atoms with Crippen molar-refractivity contribution >= 4 is 5.97 Å². The number of aryl methyl sites for hydroxylation is 1. The van der Waals surface area contributed by atoms with Gasteiger partial charge in [0.2, 0.25) is 0 Å². The number of nitrogens with zero attached hydrogens (tertiary/aromatic N) is 2. The fourth-order valence-corrected chi connectivity index (χ4v) is 1.59. The summed E-state index contributed by atoms with van der Waals surface area (Å²) in [5.74, 6) is 0.672. The molecule has 94 valence electrons. The average molecular weight is 246 g/mol. The number of carbonyl (C=O) groups excluding carboxylic acids is 1. The van der Waals surface area contributed by atoms with Crippen molar-refractivity contribution in [1.82, 2.24) is 9.97 Å². The van der Waals surface area contributed by atoms with Gasteiger partial charge in [-0.05, 0) is 25.5 Å². The largest absolute Gasteiger partial charge is 0.462 e. The molecule has 0 fully saturated rings. The minimum atomic E-state index is -0.389. The Morgan fingerprint density at radius 1 is 1.44 bits per heavy atom. The highest BCUT2D eigenvalue weighted by Gasteiger charge is 2.15. The lowest BCUT2D eigenvalue weighted by molar-refractivity contribution is 0.0524. The van der Waals surface area contributed by atoms with Crippen LogP contribution >= 0.6 is 0 Å². The highest BCUT2D eigenvalue weighted by Crippen LogP contribution is 2.17. The highest BCUT2D eigenvalue weighted by atomic mass is 16.5. The summed E-state index contributed by atoms with van der Waals surface area (Å²) in [5.41, 5.74) is 1.07. The third kappa shape index (κ3) is 2.40. The first-order chi connectivity index (χ1) is 8.76. The lowest BCUT2D eigenvalue weighted by Crippen LogP contribution is -2.10. The van der Waals surface area contributed by atoms with Crippen molar-refractivity contribution in [2.75, 3.05) is 6.61 Å². The van der Waals surface area contributed by atoms with Gasteiger partial charge in [0.15, 0.2) is 11.6 Å². The third-order valence-electron chi connectivity index (χ3n) is 2.44. The minimum absolute atomic E-state index is 0.335. The van der Waals surface area contributed by atoms with Crippen molar-refractivity contribution in [1.29, 1.82) is 0 Å². The monoisotopic (exact) mass is 246 g/mol.